The number of hydrogen-bond donors (Lipinski definition) is 1. The molecule has 0 fully saturated rings. The molecular weight excluding hydrogens is 194 g/mol. The number of benzene rings is 1. The van der Waals surface area contributed by atoms with E-state index < -0.39 is 10.8 Å². The Bertz CT molecular complexity index is 287. The molecule has 0 aliphatic heterocycles. The summed E-state index contributed by atoms with van der Waals surface area (Å²) in [4.78, 5) is 0. The van der Waals surface area contributed by atoms with Gasteiger partial charge >= 0.3 is 0 Å². The Morgan fingerprint density at radius 3 is 2.57 bits per heavy atom. The molecule has 1 N–H and O–H groups in total. The van der Waals surface area contributed by atoms with Crippen molar-refractivity contribution in [3.05, 3.63) is 35.9 Å². The first kappa shape index (κ1) is 11.4. The highest BCUT2D eigenvalue weighted by molar-refractivity contribution is 7.84. The molecule has 0 radical (unpaired) electrons. The van der Waals surface area contributed by atoms with E-state index in [2.05, 4.69) is 24.4 Å². The lowest BCUT2D eigenvalue weighted by Gasteiger charge is -2.11. The van der Waals surface area contributed by atoms with Crippen LogP contribution in [0.25, 0.3) is 0 Å². The van der Waals surface area contributed by atoms with Gasteiger partial charge in [0.15, 0.2) is 0 Å². The van der Waals surface area contributed by atoms with Gasteiger partial charge in [0.1, 0.15) is 0 Å². The van der Waals surface area contributed by atoms with Gasteiger partial charge < -0.3 is 5.32 Å². The van der Waals surface area contributed by atoms with Gasteiger partial charge in [0.05, 0.1) is 0 Å². The van der Waals surface area contributed by atoms with Crippen molar-refractivity contribution in [2.24, 2.45) is 0 Å². The fourth-order valence-corrected chi connectivity index (χ4v) is 2.12. The summed E-state index contributed by atoms with van der Waals surface area (Å²) in [5.74, 6) is 0.715. The van der Waals surface area contributed by atoms with E-state index in [1.807, 2.05) is 18.2 Å². The third-order valence-corrected chi connectivity index (χ3v) is 2.95. The smallest absolute Gasteiger partial charge is 0.0383 e. The molecule has 0 saturated carbocycles. The average molecular weight is 211 g/mol. The first-order valence-electron chi connectivity index (χ1n) is 4.76. The molecule has 1 aromatic carbocycles. The minimum Gasteiger partial charge on any atom is -0.309 e. The van der Waals surface area contributed by atoms with Crippen LogP contribution in [0.1, 0.15) is 12.5 Å². The van der Waals surface area contributed by atoms with Gasteiger partial charge in [-0.2, -0.15) is 0 Å². The Balaban J connectivity index is 2.30. The molecule has 1 aromatic rings. The van der Waals surface area contributed by atoms with Crippen molar-refractivity contribution in [3.63, 3.8) is 0 Å². The fourth-order valence-electron chi connectivity index (χ4n) is 1.30. The largest absolute Gasteiger partial charge is 0.309 e. The van der Waals surface area contributed by atoms with E-state index in [1.165, 1.54) is 5.56 Å². The minimum atomic E-state index is -0.716. The van der Waals surface area contributed by atoms with Crippen molar-refractivity contribution in [3.8, 4) is 0 Å². The molecule has 1 rings (SSSR count). The molecule has 78 valence electrons. The molecule has 0 saturated heterocycles. The summed E-state index contributed by atoms with van der Waals surface area (Å²) in [5.41, 5.74) is 1.27. The normalized spacial score (nSPS) is 15.0. The molecule has 0 spiro atoms. The van der Waals surface area contributed by atoms with Crippen LogP contribution in [0.3, 0.4) is 0 Å². The lowest BCUT2D eigenvalue weighted by molar-refractivity contribution is 0.587. The zero-order chi connectivity index (χ0) is 10.4. The number of nitrogens with one attached hydrogen (secondary N) is 1. The van der Waals surface area contributed by atoms with Crippen molar-refractivity contribution in [1.29, 1.82) is 0 Å². The molecule has 0 bridgehead atoms. The molecule has 2 unspecified atom stereocenters. The maximum absolute atomic E-state index is 10.9. The van der Waals surface area contributed by atoms with Gasteiger partial charge in [-0.05, 0) is 12.5 Å². The van der Waals surface area contributed by atoms with Crippen LogP contribution in [0, 0.1) is 0 Å². The monoisotopic (exact) mass is 211 g/mol. The van der Waals surface area contributed by atoms with Crippen LogP contribution >= 0.6 is 0 Å². The molecule has 0 amide bonds. The van der Waals surface area contributed by atoms with E-state index in [0.717, 1.165) is 6.54 Å². The van der Waals surface area contributed by atoms with E-state index >= 15 is 0 Å². The van der Waals surface area contributed by atoms with E-state index in [-0.39, 0.29) is 0 Å². The summed E-state index contributed by atoms with van der Waals surface area (Å²) < 4.78 is 10.9. The molecular formula is C11H17NOS. The predicted molar refractivity (Wildman–Crippen MR) is 61.7 cm³/mol. The summed E-state index contributed by atoms with van der Waals surface area (Å²) >= 11 is 0. The summed E-state index contributed by atoms with van der Waals surface area (Å²) in [6.45, 7) is 2.91. The highest BCUT2D eigenvalue weighted by atomic mass is 32.2. The van der Waals surface area contributed by atoms with E-state index in [0.29, 0.717) is 11.8 Å². The highest BCUT2D eigenvalue weighted by Gasteiger charge is 2.02. The standard InChI is InChI=1S/C11H17NOS/c1-10(9-14(2)13)12-8-11-6-4-3-5-7-11/h3-7,10,12H,8-9H2,1-2H3. The van der Waals surface area contributed by atoms with Crippen LogP contribution in [0.15, 0.2) is 30.3 Å². The predicted octanol–water partition coefficient (Wildman–Crippen LogP) is 1.54. The Morgan fingerprint density at radius 2 is 2.00 bits per heavy atom. The van der Waals surface area contributed by atoms with Crippen LogP contribution < -0.4 is 5.32 Å². The lowest BCUT2D eigenvalue weighted by atomic mass is 10.2. The zero-order valence-corrected chi connectivity index (χ0v) is 9.51. The van der Waals surface area contributed by atoms with Crippen LogP contribution in [-0.2, 0) is 17.3 Å². The van der Waals surface area contributed by atoms with Crippen molar-refractivity contribution >= 4 is 10.8 Å². The molecule has 2 nitrogen and oxygen atoms in total. The second kappa shape index (κ2) is 5.94. The van der Waals surface area contributed by atoms with Crippen molar-refractivity contribution < 1.29 is 4.21 Å². The van der Waals surface area contributed by atoms with Crippen molar-refractivity contribution in [2.45, 2.75) is 19.5 Å². The molecule has 3 heteroatoms. The summed E-state index contributed by atoms with van der Waals surface area (Å²) in [6, 6.07) is 10.5. The molecule has 14 heavy (non-hydrogen) atoms. The zero-order valence-electron chi connectivity index (χ0n) is 8.69. The first-order valence-corrected chi connectivity index (χ1v) is 6.48. The third kappa shape index (κ3) is 4.53. The van der Waals surface area contributed by atoms with Crippen LogP contribution in [0.5, 0.6) is 0 Å². The van der Waals surface area contributed by atoms with Gasteiger partial charge in [0.25, 0.3) is 0 Å². The molecule has 0 aliphatic rings. The summed E-state index contributed by atoms with van der Waals surface area (Å²) in [6.07, 6.45) is 1.74. The van der Waals surface area contributed by atoms with Crippen molar-refractivity contribution in [1.82, 2.24) is 5.32 Å². The summed E-state index contributed by atoms with van der Waals surface area (Å²) in [5, 5.41) is 3.34. The van der Waals surface area contributed by atoms with Crippen LogP contribution in [-0.4, -0.2) is 22.3 Å². The fraction of sp³-hybridized carbons (Fsp3) is 0.455. The van der Waals surface area contributed by atoms with Gasteiger partial charge in [-0.15, -0.1) is 0 Å². The Hall–Kier alpha value is -0.670. The maximum atomic E-state index is 10.9. The van der Waals surface area contributed by atoms with Gasteiger partial charge in [-0.3, -0.25) is 4.21 Å². The second-order valence-corrected chi connectivity index (χ2v) is 4.99. The Kier molecular flexibility index (Phi) is 4.84. The van der Waals surface area contributed by atoms with Gasteiger partial charge in [0, 0.05) is 35.4 Å². The van der Waals surface area contributed by atoms with Crippen LogP contribution in [0.2, 0.25) is 0 Å². The number of rotatable bonds is 5. The maximum Gasteiger partial charge on any atom is 0.0383 e. The van der Waals surface area contributed by atoms with Gasteiger partial charge in [0.2, 0.25) is 0 Å². The molecule has 0 heterocycles. The van der Waals surface area contributed by atoms with Gasteiger partial charge in [-0.1, -0.05) is 30.3 Å². The van der Waals surface area contributed by atoms with Crippen molar-refractivity contribution in [2.75, 3.05) is 12.0 Å². The quantitative estimate of drug-likeness (QED) is 0.800. The minimum absolute atomic E-state index is 0.307. The topological polar surface area (TPSA) is 29.1 Å². The molecule has 2 atom stereocenters. The lowest BCUT2D eigenvalue weighted by Crippen LogP contribution is -2.30. The highest BCUT2D eigenvalue weighted by Crippen LogP contribution is 1.98. The average Bonchev–Trinajstić information content (AvgIpc) is 2.15. The molecule has 0 aromatic heterocycles. The molecule has 0 aliphatic carbocycles. The van der Waals surface area contributed by atoms with E-state index in [4.69, 9.17) is 0 Å². The van der Waals surface area contributed by atoms with E-state index in [9.17, 15) is 4.21 Å². The SMILES string of the molecule is CC(CS(C)=O)NCc1ccccc1. The van der Waals surface area contributed by atoms with E-state index in [1.54, 1.807) is 6.26 Å². The Morgan fingerprint density at radius 1 is 1.36 bits per heavy atom. The Labute approximate surface area is 88.2 Å². The third-order valence-electron chi connectivity index (χ3n) is 1.98. The first-order chi connectivity index (χ1) is 6.68. The number of hydrogen-bond acceptors (Lipinski definition) is 2. The summed E-state index contributed by atoms with van der Waals surface area (Å²) in [7, 11) is -0.716. The van der Waals surface area contributed by atoms with Crippen LogP contribution in [0.4, 0.5) is 0 Å². The van der Waals surface area contributed by atoms with Gasteiger partial charge in [-0.25, -0.2) is 0 Å². The second-order valence-electron chi connectivity index (χ2n) is 3.51.